The zero-order valence-electron chi connectivity index (χ0n) is 10.1. The van der Waals surface area contributed by atoms with Gasteiger partial charge >= 0.3 is 0 Å². The highest BCUT2D eigenvalue weighted by molar-refractivity contribution is 8.00. The van der Waals surface area contributed by atoms with Crippen LogP contribution in [0.2, 0.25) is 0 Å². The predicted octanol–water partition coefficient (Wildman–Crippen LogP) is 1.24. The number of hydrogen-bond acceptors (Lipinski definition) is 5. The van der Waals surface area contributed by atoms with Crippen LogP contribution in [0, 0.1) is 0 Å². The third-order valence-electron chi connectivity index (χ3n) is 3.52. The first kappa shape index (κ1) is 11.9. The topological polar surface area (TPSA) is 55.6 Å². The Balaban J connectivity index is 2.12. The fourth-order valence-corrected chi connectivity index (χ4v) is 2.98. The van der Waals surface area contributed by atoms with Crippen molar-refractivity contribution in [2.24, 2.45) is 0 Å². The van der Waals surface area contributed by atoms with E-state index in [4.69, 9.17) is 0 Å². The minimum absolute atomic E-state index is 0.203. The van der Waals surface area contributed by atoms with Gasteiger partial charge < -0.3 is 5.32 Å². The molecule has 1 atom stereocenters. The molecule has 1 aromatic heterocycles. The summed E-state index contributed by atoms with van der Waals surface area (Å²) in [6.45, 7) is 3.01. The van der Waals surface area contributed by atoms with Crippen LogP contribution in [0.15, 0.2) is 0 Å². The molecule has 1 N–H and O–H groups in total. The summed E-state index contributed by atoms with van der Waals surface area (Å²) in [6.07, 6.45) is 6.08. The Morgan fingerprint density at radius 2 is 2.31 bits per heavy atom. The van der Waals surface area contributed by atoms with Crippen molar-refractivity contribution in [1.82, 2.24) is 25.5 Å². The molecule has 0 aliphatic heterocycles. The molecule has 0 amide bonds. The largest absolute Gasteiger partial charge is 0.311 e. The Morgan fingerprint density at radius 1 is 1.56 bits per heavy atom. The normalized spacial score (nSPS) is 20.4. The van der Waals surface area contributed by atoms with E-state index in [1.807, 2.05) is 23.5 Å². The third kappa shape index (κ3) is 2.08. The molecule has 1 aromatic rings. The van der Waals surface area contributed by atoms with Crippen molar-refractivity contribution in [3.05, 3.63) is 5.82 Å². The summed E-state index contributed by atoms with van der Waals surface area (Å²) in [4.78, 5) is 0. The molecular formula is C10H19N5S. The first-order chi connectivity index (χ1) is 7.71. The average molecular weight is 241 g/mol. The van der Waals surface area contributed by atoms with Gasteiger partial charge in [-0.3, -0.25) is 0 Å². The monoisotopic (exact) mass is 241 g/mol. The molecule has 1 aliphatic carbocycles. The Hall–Kier alpha value is -0.620. The second-order valence-corrected chi connectivity index (χ2v) is 5.72. The fraction of sp³-hybridized carbons (Fsp3) is 0.900. The minimum atomic E-state index is 0.203. The maximum absolute atomic E-state index is 4.10. The van der Waals surface area contributed by atoms with Crippen LogP contribution >= 0.6 is 11.8 Å². The van der Waals surface area contributed by atoms with E-state index in [1.54, 1.807) is 0 Å². The Bertz CT molecular complexity index is 341. The highest BCUT2D eigenvalue weighted by Gasteiger charge is 2.37. The molecule has 1 saturated carbocycles. The van der Waals surface area contributed by atoms with Crippen LogP contribution in [-0.2, 0) is 6.54 Å². The molecule has 1 unspecified atom stereocenters. The lowest BCUT2D eigenvalue weighted by molar-refractivity contribution is 0.300. The number of thioether (sulfide) groups is 1. The van der Waals surface area contributed by atoms with Crippen LogP contribution in [0.3, 0.4) is 0 Å². The molecule has 1 heterocycles. The summed E-state index contributed by atoms with van der Waals surface area (Å²) in [7, 11) is 1.93. The summed E-state index contributed by atoms with van der Waals surface area (Å²) < 4.78 is 2.33. The van der Waals surface area contributed by atoms with Gasteiger partial charge in [0.2, 0.25) is 0 Å². The number of rotatable bonds is 5. The summed E-state index contributed by atoms with van der Waals surface area (Å²) in [5, 5.41) is 15.2. The number of tetrazole rings is 1. The molecule has 90 valence electrons. The molecule has 0 bridgehead atoms. The van der Waals surface area contributed by atoms with Gasteiger partial charge in [0.1, 0.15) is 0 Å². The second-order valence-electron chi connectivity index (χ2n) is 4.45. The molecule has 1 fully saturated rings. The van der Waals surface area contributed by atoms with E-state index in [0.717, 1.165) is 12.4 Å². The van der Waals surface area contributed by atoms with Gasteiger partial charge in [-0.15, -0.1) is 5.10 Å². The maximum Gasteiger partial charge on any atom is 0.167 e. The van der Waals surface area contributed by atoms with E-state index in [2.05, 4.69) is 34.0 Å². The SMILES string of the molecule is CNC(C)c1nnnn1CC1(SC)CCC1. The van der Waals surface area contributed by atoms with Gasteiger partial charge in [-0.1, -0.05) is 6.42 Å². The minimum Gasteiger partial charge on any atom is -0.311 e. The highest BCUT2D eigenvalue weighted by Crippen LogP contribution is 2.44. The van der Waals surface area contributed by atoms with Gasteiger partial charge in [0.25, 0.3) is 0 Å². The van der Waals surface area contributed by atoms with Gasteiger partial charge in [0.15, 0.2) is 5.82 Å². The van der Waals surface area contributed by atoms with Crippen LogP contribution in [0.5, 0.6) is 0 Å². The van der Waals surface area contributed by atoms with E-state index in [0.29, 0.717) is 4.75 Å². The molecule has 0 radical (unpaired) electrons. The van der Waals surface area contributed by atoms with E-state index < -0.39 is 0 Å². The summed E-state index contributed by atoms with van der Waals surface area (Å²) in [6, 6.07) is 0.203. The average Bonchev–Trinajstić information content (AvgIpc) is 2.70. The smallest absolute Gasteiger partial charge is 0.167 e. The van der Waals surface area contributed by atoms with Crippen LogP contribution < -0.4 is 5.32 Å². The van der Waals surface area contributed by atoms with E-state index >= 15 is 0 Å². The van der Waals surface area contributed by atoms with Crippen molar-refractivity contribution in [2.75, 3.05) is 13.3 Å². The molecule has 0 aromatic carbocycles. The van der Waals surface area contributed by atoms with Crippen molar-refractivity contribution in [2.45, 2.75) is 43.5 Å². The number of nitrogens with one attached hydrogen (secondary N) is 1. The lowest BCUT2D eigenvalue weighted by atomic mass is 9.84. The third-order valence-corrected chi connectivity index (χ3v) is 4.92. The van der Waals surface area contributed by atoms with Gasteiger partial charge in [-0.05, 0) is 43.5 Å². The van der Waals surface area contributed by atoms with Crippen LogP contribution in [0.25, 0.3) is 0 Å². The van der Waals surface area contributed by atoms with Crippen molar-refractivity contribution < 1.29 is 0 Å². The van der Waals surface area contributed by atoms with Gasteiger partial charge in [-0.2, -0.15) is 11.8 Å². The molecule has 16 heavy (non-hydrogen) atoms. The van der Waals surface area contributed by atoms with Crippen LogP contribution in [0.1, 0.15) is 38.1 Å². The van der Waals surface area contributed by atoms with Gasteiger partial charge in [0, 0.05) is 4.75 Å². The molecule has 6 heteroatoms. The fourth-order valence-electron chi connectivity index (χ4n) is 2.03. The number of hydrogen-bond donors (Lipinski definition) is 1. The molecule has 0 saturated heterocycles. The quantitative estimate of drug-likeness (QED) is 0.840. The first-order valence-electron chi connectivity index (χ1n) is 5.69. The van der Waals surface area contributed by atoms with Crippen LogP contribution in [0.4, 0.5) is 0 Å². The summed E-state index contributed by atoms with van der Waals surface area (Å²) in [5.41, 5.74) is 0. The Labute approximate surface area is 100 Å². The standard InChI is InChI=1S/C10H19N5S/c1-8(11-2)9-12-13-14-15(9)7-10(16-3)5-4-6-10/h8,11H,4-7H2,1-3H3. The van der Waals surface area contributed by atoms with Gasteiger partial charge in [-0.25, -0.2) is 4.68 Å². The molecule has 0 spiro atoms. The molecule has 2 rings (SSSR count). The molecule has 5 nitrogen and oxygen atoms in total. The molecular weight excluding hydrogens is 222 g/mol. The predicted molar refractivity (Wildman–Crippen MR) is 65.4 cm³/mol. The zero-order chi connectivity index (χ0) is 11.6. The second kappa shape index (κ2) is 4.71. The van der Waals surface area contributed by atoms with Crippen molar-refractivity contribution >= 4 is 11.8 Å². The van der Waals surface area contributed by atoms with Crippen molar-refractivity contribution in [3.63, 3.8) is 0 Å². The lowest BCUT2D eigenvalue weighted by Crippen LogP contribution is -2.39. The summed E-state index contributed by atoms with van der Waals surface area (Å²) in [5.74, 6) is 0.933. The van der Waals surface area contributed by atoms with E-state index in [1.165, 1.54) is 19.3 Å². The lowest BCUT2D eigenvalue weighted by Gasteiger charge is -2.40. The van der Waals surface area contributed by atoms with Gasteiger partial charge in [0.05, 0.1) is 12.6 Å². The first-order valence-corrected chi connectivity index (χ1v) is 6.92. The van der Waals surface area contributed by atoms with E-state index in [-0.39, 0.29) is 6.04 Å². The highest BCUT2D eigenvalue weighted by atomic mass is 32.2. The van der Waals surface area contributed by atoms with Crippen molar-refractivity contribution in [1.29, 1.82) is 0 Å². The Morgan fingerprint density at radius 3 is 2.81 bits per heavy atom. The van der Waals surface area contributed by atoms with Crippen LogP contribution in [-0.4, -0.2) is 38.3 Å². The molecule has 1 aliphatic rings. The number of nitrogens with zero attached hydrogens (tertiary/aromatic N) is 4. The number of aromatic nitrogens is 4. The zero-order valence-corrected chi connectivity index (χ0v) is 10.9. The van der Waals surface area contributed by atoms with Crippen molar-refractivity contribution in [3.8, 4) is 0 Å². The summed E-state index contributed by atoms with van der Waals surface area (Å²) >= 11 is 1.95. The maximum atomic E-state index is 4.10. The van der Waals surface area contributed by atoms with E-state index in [9.17, 15) is 0 Å². The Kier molecular flexibility index (Phi) is 3.49.